The lowest BCUT2D eigenvalue weighted by molar-refractivity contribution is -0.0914. The monoisotopic (exact) mass is 198 g/mol. The summed E-state index contributed by atoms with van der Waals surface area (Å²) in [6.45, 7) is 3.92. The minimum absolute atomic E-state index is 0.475. The van der Waals surface area contributed by atoms with Gasteiger partial charge in [-0.1, -0.05) is 6.92 Å². The minimum atomic E-state index is -0.505. The molecule has 0 spiro atoms. The van der Waals surface area contributed by atoms with Crippen molar-refractivity contribution in [3.63, 3.8) is 0 Å². The number of aliphatic hydroxyl groups is 1. The summed E-state index contributed by atoms with van der Waals surface area (Å²) < 4.78 is 10.3. The fraction of sp³-hybridized carbons (Fsp3) is 0.636. The van der Waals surface area contributed by atoms with Gasteiger partial charge in [0.05, 0.1) is 24.2 Å². The molecule has 0 aromatic carbocycles. The van der Waals surface area contributed by atoms with E-state index in [2.05, 4.69) is 0 Å². The second-order valence-electron chi connectivity index (χ2n) is 3.72. The summed E-state index contributed by atoms with van der Waals surface area (Å²) in [5.74, 6) is 0. The van der Waals surface area contributed by atoms with Crippen LogP contribution in [0.1, 0.15) is 25.8 Å². The largest absolute Gasteiger partial charge is 0.472 e. The van der Waals surface area contributed by atoms with E-state index < -0.39 is 11.7 Å². The quantitative estimate of drug-likeness (QED) is 0.786. The van der Waals surface area contributed by atoms with Crippen LogP contribution in [0.25, 0.3) is 0 Å². The fourth-order valence-electron chi connectivity index (χ4n) is 1.36. The second-order valence-corrected chi connectivity index (χ2v) is 3.72. The van der Waals surface area contributed by atoms with Crippen molar-refractivity contribution in [3.05, 3.63) is 24.2 Å². The molecule has 14 heavy (non-hydrogen) atoms. The Bertz CT molecular complexity index is 250. The van der Waals surface area contributed by atoms with Crippen LogP contribution in [-0.4, -0.2) is 23.9 Å². The van der Waals surface area contributed by atoms with E-state index in [4.69, 9.17) is 9.15 Å². The molecule has 1 aromatic heterocycles. The lowest BCUT2D eigenvalue weighted by atomic mass is 9.91. The van der Waals surface area contributed by atoms with Crippen molar-refractivity contribution in [2.75, 3.05) is 7.11 Å². The van der Waals surface area contributed by atoms with Crippen LogP contribution in [-0.2, 0) is 11.2 Å². The average Bonchev–Trinajstić information content (AvgIpc) is 2.69. The number of furan rings is 1. The molecule has 0 amide bonds. The molecule has 0 aliphatic rings. The zero-order valence-electron chi connectivity index (χ0n) is 8.99. The molecule has 80 valence electrons. The van der Waals surface area contributed by atoms with Gasteiger partial charge >= 0.3 is 0 Å². The van der Waals surface area contributed by atoms with Gasteiger partial charge in [-0.15, -0.1) is 0 Å². The summed E-state index contributed by atoms with van der Waals surface area (Å²) in [5, 5.41) is 9.97. The second kappa shape index (κ2) is 4.62. The summed E-state index contributed by atoms with van der Waals surface area (Å²) >= 11 is 0. The molecule has 0 aliphatic heterocycles. The highest BCUT2D eigenvalue weighted by atomic mass is 16.5. The molecular weight excluding hydrogens is 180 g/mol. The molecule has 1 aromatic rings. The predicted molar refractivity (Wildman–Crippen MR) is 54.1 cm³/mol. The van der Waals surface area contributed by atoms with E-state index in [0.717, 1.165) is 12.0 Å². The number of hydrogen-bond acceptors (Lipinski definition) is 3. The van der Waals surface area contributed by atoms with Crippen LogP contribution in [0.5, 0.6) is 0 Å². The first kappa shape index (κ1) is 11.3. The van der Waals surface area contributed by atoms with E-state index >= 15 is 0 Å². The molecule has 1 heterocycles. The van der Waals surface area contributed by atoms with Crippen molar-refractivity contribution >= 4 is 0 Å². The summed E-state index contributed by atoms with van der Waals surface area (Å²) in [6, 6.07) is 1.86. The Morgan fingerprint density at radius 2 is 2.36 bits per heavy atom. The van der Waals surface area contributed by atoms with Gasteiger partial charge in [0.2, 0.25) is 0 Å². The lowest BCUT2D eigenvalue weighted by Crippen LogP contribution is -2.41. The van der Waals surface area contributed by atoms with E-state index in [-0.39, 0.29) is 0 Å². The highest BCUT2D eigenvalue weighted by molar-refractivity contribution is 5.08. The van der Waals surface area contributed by atoms with Crippen LogP contribution in [0.2, 0.25) is 0 Å². The highest BCUT2D eigenvalue weighted by Gasteiger charge is 2.31. The van der Waals surface area contributed by atoms with E-state index in [9.17, 15) is 5.11 Å². The van der Waals surface area contributed by atoms with Gasteiger partial charge in [0, 0.05) is 13.5 Å². The molecule has 3 heteroatoms. The van der Waals surface area contributed by atoms with Gasteiger partial charge in [-0.3, -0.25) is 0 Å². The summed E-state index contributed by atoms with van der Waals surface area (Å²) in [4.78, 5) is 0. The summed E-state index contributed by atoms with van der Waals surface area (Å²) in [7, 11) is 1.63. The maximum Gasteiger partial charge on any atom is 0.0935 e. The van der Waals surface area contributed by atoms with Gasteiger partial charge in [0.25, 0.3) is 0 Å². The standard InChI is InChI=1S/C11H18O3/c1-4-11(2,13-3)10(12)7-9-5-6-14-8-9/h5-6,8,10,12H,4,7H2,1-3H3. The lowest BCUT2D eigenvalue weighted by Gasteiger charge is -2.31. The number of ether oxygens (including phenoxy) is 1. The van der Waals surface area contributed by atoms with Crippen LogP contribution < -0.4 is 0 Å². The minimum Gasteiger partial charge on any atom is -0.472 e. The van der Waals surface area contributed by atoms with Crippen LogP contribution in [0.15, 0.2) is 23.0 Å². The molecule has 2 unspecified atom stereocenters. The van der Waals surface area contributed by atoms with Crippen molar-refractivity contribution in [2.45, 2.75) is 38.4 Å². The smallest absolute Gasteiger partial charge is 0.0935 e. The molecular formula is C11H18O3. The number of rotatable bonds is 5. The zero-order chi connectivity index (χ0) is 10.6. The molecule has 0 radical (unpaired) electrons. The Balaban J connectivity index is 2.60. The Kier molecular flexibility index (Phi) is 3.72. The molecule has 0 bridgehead atoms. The first-order chi connectivity index (χ1) is 6.62. The van der Waals surface area contributed by atoms with Gasteiger partial charge in [0.15, 0.2) is 0 Å². The summed E-state index contributed by atoms with van der Waals surface area (Å²) in [6.07, 6.45) is 4.10. The van der Waals surface area contributed by atoms with Gasteiger partial charge < -0.3 is 14.3 Å². The van der Waals surface area contributed by atoms with Crippen molar-refractivity contribution in [3.8, 4) is 0 Å². The molecule has 1 N–H and O–H groups in total. The normalized spacial score (nSPS) is 17.7. The number of methoxy groups -OCH3 is 1. The third-order valence-electron chi connectivity index (χ3n) is 2.88. The fourth-order valence-corrected chi connectivity index (χ4v) is 1.36. The molecule has 3 nitrogen and oxygen atoms in total. The Morgan fingerprint density at radius 3 is 2.79 bits per heavy atom. The van der Waals surface area contributed by atoms with Crippen molar-refractivity contribution in [2.24, 2.45) is 0 Å². The molecule has 0 saturated carbocycles. The van der Waals surface area contributed by atoms with Crippen LogP contribution >= 0.6 is 0 Å². The van der Waals surface area contributed by atoms with E-state index in [1.54, 1.807) is 19.6 Å². The van der Waals surface area contributed by atoms with Crippen molar-refractivity contribution in [1.82, 2.24) is 0 Å². The van der Waals surface area contributed by atoms with E-state index in [1.807, 2.05) is 19.9 Å². The number of aliphatic hydroxyl groups excluding tert-OH is 1. The Labute approximate surface area is 84.7 Å². The average molecular weight is 198 g/mol. The van der Waals surface area contributed by atoms with Gasteiger partial charge in [-0.2, -0.15) is 0 Å². The van der Waals surface area contributed by atoms with Gasteiger partial charge in [-0.25, -0.2) is 0 Å². The maximum atomic E-state index is 9.97. The van der Waals surface area contributed by atoms with E-state index in [0.29, 0.717) is 6.42 Å². The summed E-state index contributed by atoms with van der Waals surface area (Å²) in [5.41, 5.74) is 0.520. The van der Waals surface area contributed by atoms with Crippen LogP contribution in [0.4, 0.5) is 0 Å². The number of hydrogen-bond donors (Lipinski definition) is 1. The molecule has 0 fully saturated rings. The SMILES string of the molecule is CCC(C)(OC)C(O)Cc1ccoc1. The maximum absolute atomic E-state index is 9.97. The molecule has 2 atom stereocenters. The Morgan fingerprint density at radius 1 is 1.64 bits per heavy atom. The third kappa shape index (κ3) is 2.36. The predicted octanol–water partition coefficient (Wildman–Crippen LogP) is 2.00. The molecule has 0 saturated heterocycles. The zero-order valence-corrected chi connectivity index (χ0v) is 8.99. The third-order valence-corrected chi connectivity index (χ3v) is 2.88. The van der Waals surface area contributed by atoms with Crippen LogP contribution in [0, 0.1) is 0 Å². The van der Waals surface area contributed by atoms with E-state index in [1.165, 1.54) is 0 Å². The Hall–Kier alpha value is -0.800. The first-order valence-electron chi connectivity index (χ1n) is 4.86. The van der Waals surface area contributed by atoms with Gasteiger partial charge in [0.1, 0.15) is 0 Å². The van der Waals surface area contributed by atoms with Crippen molar-refractivity contribution in [1.29, 1.82) is 0 Å². The van der Waals surface area contributed by atoms with Crippen molar-refractivity contribution < 1.29 is 14.3 Å². The van der Waals surface area contributed by atoms with Crippen LogP contribution in [0.3, 0.4) is 0 Å². The first-order valence-corrected chi connectivity index (χ1v) is 4.86. The molecule has 1 rings (SSSR count). The molecule has 0 aliphatic carbocycles. The highest BCUT2D eigenvalue weighted by Crippen LogP contribution is 2.22. The topological polar surface area (TPSA) is 42.6 Å². The van der Waals surface area contributed by atoms with Gasteiger partial charge in [-0.05, 0) is 25.0 Å².